The number of carbonyl (C=O) groups is 3. The van der Waals surface area contributed by atoms with E-state index in [2.05, 4.69) is 20.8 Å². The molecule has 9 nitrogen and oxygen atoms in total. The van der Waals surface area contributed by atoms with Gasteiger partial charge < -0.3 is 19.9 Å². The molecule has 0 fully saturated rings. The molecule has 1 atom stereocenters. The molecule has 0 aliphatic carbocycles. The van der Waals surface area contributed by atoms with Gasteiger partial charge in [-0.25, -0.2) is 4.79 Å². The molecule has 2 amide bonds. The fourth-order valence-electron chi connectivity index (χ4n) is 3.41. The molecule has 36 heavy (non-hydrogen) atoms. The van der Waals surface area contributed by atoms with Crippen LogP contribution in [-0.2, 0) is 16.1 Å². The van der Waals surface area contributed by atoms with E-state index in [-0.39, 0.29) is 29.7 Å². The van der Waals surface area contributed by atoms with E-state index in [1.165, 1.54) is 11.8 Å². The normalized spacial score (nSPS) is 11.7. The maximum absolute atomic E-state index is 12.6. The third kappa shape index (κ3) is 7.17. The Kier molecular flexibility index (Phi) is 9.24. The van der Waals surface area contributed by atoms with Gasteiger partial charge in [0.05, 0.1) is 23.5 Å². The Hall–Kier alpha value is -3.66. The molecule has 0 saturated heterocycles. The van der Waals surface area contributed by atoms with Crippen LogP contribution in [0.15, 0.2) is 53.7 Å². The van der Waals surface area contributed by atoms with E-state index in [4.69, 9.17) is 4.74 Å². The van der Waals surface area contributed by atoms with Gasteiger partial charge in [-0.15, -0.1) is 10.2 Å². The van der Waals surface area contributed by atoms with E-state index in [9.17, 15) is 14.4 Å². The Morgan fingerprint density at radius 3 is 2.42 bits per heavy atom. The molecule has 0 bridgehead atoms. The minimum atomic E-state index is -0.442. The topological polar surface area (TPSA) is 115 Å². The highest BCUT2D eigenvalue weighted by Crippen LogP contribution is 2.21. The summed E-state index contributed by atoms with van der Waals surface area (Å²) in [6, 6.07) is 13.6. The number of nitrogens with zero attached hydrogens (tertiary/aromatic N) is 3. The van der Waals surface area contributed by atoms with Gasteiger partial charge >= 0.3 is 5.97 Å². The molecule has 3 rings (SSSR count). The summed E-state index contributed by atoms with van der Waals surface area (Å²) in [7, 11) is 0. The van der Waals surface area contributed by atoms with Crippen molar-refractivity contribution in [2.75, 3.05) is 11.1 Å². The standard InChI is InChI=1S/C26H31N5O4S/c1-6-31-23(18(5)27-24(33)19-12-10-17(4)11-13-19)29-30-26(31)36-15-22(32)28-21-9-7-8-20(14-21)25(34)35-16(2)3/h7-14,16,18H,6,15H2,1-5H3,(H,27,33)(H,28,32)/t18-/m1/s1. The predicted molar refractivity (Wildman–Crippen MR) is 139 cm³/mol. The van der Waals surface area contributed by atoms with Crippen molar-refractivity contribution in [1.82, 2.24) is 20.1 Å². The fourth-order valence-corrected chi connectivity index (χ4v) is 4.22. The highest BCUT2D eigenvalue weighted by molar-refractivity contribution is 7.99. The predicted octanol–water partition coefficient (Wildman–Crippen LogP) is 4.39. The van der Waals surface area contributed by atoms with Crippen molar-refractivity contribution in [2.24, 2.45) is 0 Å². The Balaban J connectivity index is 1.60. The molecular weight excluding hydrogens is 478 g/mol. The summed E-state index contributed by atoms with van der Waals surface area (Å²) in [5, 5.41) is 14.8. The summed E-state index contributed by atoms with van der Waals surface area (Å²) < 4.78 is 7.08. The molecule has 0 spiro atoms. The largest absolute Gasteiger partial charge is 0.459 e. The first-order valence-corrected chi connectivity index (χ1v) is 12.7. The SMILES string of the molecule is CCn1c(SCC(=O)Nc2cccc(C(=O)OC(C)C)c2)nnc1[C@@H](C)NC(=O)c1ccc(C)cc1. The average Bonchev–Trinajstić information content (AvgIpc) is 3.26. The zero-order chi connectivity index (χ0) is 26.2. The van der Waals surface area contributed by atoms with Gasteiger partial charge in [0.15, 0.2) is 11.0 Å². The molecule has 10 heteroatoms. The smallest absolute Gasteiger partial charge is 0.338 e. The maximum atomic E-state index is 12.6. The van der Waals surface area contributed by atoms with Crippen molar-refractivity contribution in [1.29, 1.82) is 0 Å². The fraction of sp³-hybridized carbons (Fsp3) is 0.346. The molecule has 1 aromatic heterocycles. The number of benzene rings is 2. The summed E-state index contributed by atoms with van der Waals surface area (Å²) >= 11 is 1.25. The second-order valence-electron chi connectivity index (χ2n) is 8.52. The lowest BCUT2D eigenvalue weighted by Crippen LogP contribution is -2.28. The first-order valence-electron chi connectivity index (χ1n) is 11.7. The van der Waals surface area contributed by atoms with Crippen LogP contribution in [0, 0.1) is 6.92 Å². The van der Waals surface area contributed by atoms with Crippen LogP contribution in [0.4, 0.5) is 5.69 Å². The molecule has 2 N–H and O–H groups in total. The van der Waals surface area contributed by atoms with Crippen LogP contribution in [0.5, 0.6) is 0 Å². The third-order valence-corrected chi connectivity index (χ3v) is 6.13. The number of esters is 1. The molecule has 0 aliphatic rings. The molecule has 1 heterocycles. The minimum absolute atomic E-state index is 0.100. The monoisotopic (exact) mass is 509 g/mol. The number of carbonyl (C=O) groups excluding carboxylic acids is 3. The zero-order valence-corrected chi connectivity index (χ0v) is 21.9. The quantitative estimate of drug-likeness (QED) is 0.308. The Bertz CT molecular complexity index is 1220. The van der Waals surface area contributed by atoms with Crippen LogP contribution in [0.2, 0.25) is 0 Å². The molecule has 0 saturated carbocycles. The second-order valence-corrected chi connectivity index (χ2v) is 9.46. The van der Waals surface area contributed by atoms with Crippen LogP contribution in [0.25, 0.3) is 0 Å². The van der Waals surface area contributed by atoms with E-state index in [0.29, 0.717) is 34.3 Å². The lowest BCUT2D eigenvalue weighted by Gasteiger charge is -2.15. The third-order valence-electron chi connectivity index (χ3n) is 5.17. The lowest BCUT2D eigenvalue weighted by atomic mass is 10.1. The van der Waals surface area contributed by atoms with Gasteiger partial charge in [0, 0.05) is 17.8 Å². The number of hydrogen-bond acceptors (Lipinski definition) is 7. The van der Waals surface area contributed by atoms with Crippen molar-refractivity contribution >= 4 is 35.2 Å². The minimum Gasteiger partial charge on any atom is -0.459 e. The summed E-state index contributed by atoms with van der Waals surface area (Å²) in [6.07, 6.45) is -0.230. The zero-order valence-electron chi connectivity index (χ0n) is 21.1. The lowest BCUT2D eigenvalue weighted by molar-refractivity contribution is -0.113. The molecule has 0 unspecified atom stereocenters. The van der Waals surface area contributed by atoms with Crippen LogP contribution in [-0.4, -0.2) is 44.4 Å². The number of hydrogen-bond donors (Lipinski definition) is 2. The van der Waals surface area contributed by atoms with E-state index in [1.54, 1.807) is 50.2 Å². The summed E-state index contributed by atoms with van der Waals surface area (Å²) in [4.78, 5) is 37.3. The van der Waals surface area contributed by atoms with E-state index in [0.717, 1.165) is 5.56 Å². The first kappa shape index (κ1) is 26.9. The van der Waals surface area contributed by atoms with E-state index >= 15 is 0 Å². The number of nitrogens with one attached hydrogen (secondary N) is 2. The molecule has 0 radical (unpaired) electrons. The van der Waals surface area contributed by atoms with Crippen LogP contribution >= 0.6 is 11.8 Å². The number of ether oxygens (including phenoxy) is 1. The second kappa shape index (κ2) is 12.3. The van der Waals surface area contributed by atoms with Gasteiger partial charge in [0.2, 0.25) is 5.91 Å². The van der Waals surface area contributed by atoms with Gasteiger partial charge in [-0.2, -0.15) is 0 Å². The summed E-state index contributed by atoms with van der Waals surface area (Å²) in [6.45, 7) is 9.90. The molecular formula is C26H31N5O4S. The van der Waals surface area contributed by atoms with Crippen LogP contribution in [0.3, 0.4) is 0 Å². The molecule has 0 aliphatic heterocycles. The maximum Gasteiger partial charge on any atom is 0.338 e. The highest BCUT2D eigenvalue weighted by Gasteiger charge is 2.20. The van der Waals surface area contributed by atoms with Gasteiger partial charge in [0.25, 0.3) is 5.91 Å². The van der Waals surface area contributed by atoms with Crippen molar-refractivity contribution in [3.8, 4) is 0 Å². The number of rotatable bonds is 10. The molecule has 3 aromatic rings. The van der Waals surface area contributed by atoms with Gasteiger partial charge in [-0.3, -0.25) is 9.59 Å². The number of aromatic nitrogens is 3. The van der Waals surface area contributed by atoms with E-state index < -0.39 is 5.97 Å². The average molecular weight is 510 g/mol. The first-order chi connectivity index (χ1) is 17.2. The Morgan fingerprint density at radius 2 is 1.75 bits per heavy atom. The molecule has 2 aromatic carbocycles. The summed E-state index contributed by atoms with van der Waals surface area (Å²) in [5.74, 6) is -0.175. The van der Waals surface area contributed by atoms with Gasteiger partial charge in [-0.05, 0) is 65.0 Å². The summed E-state index contributed by atoms with van der Waals surface area (Å²) in [5.41, 5.74) is 2.52. The van der Waals surface area contributed by atoms with Gasteiger partial charge in [-0.1, -0.05) is 35.5 Å². The van der Waals surface area contributed by atoms with Crippen molar-refractivity contribution in [3.63, 3.8) is 0 Å². The number of aryl methyl sites for hydroxylation is 1. The van der Waals surface area contributed by atoms with Crippen molar-refractivity contribution in [3.05, 3.63) is 71.0 Å². The Morgan fingerprint density at radius 1 is 1.03 bits per heavy atom. The van der Waals surface area contributed by atoms with E-state index in [1.807, 2.05) is 37.5 Å². The highest BCUT2D eigenvalue weighted by atomic mass is 32.2. The number of amides is 2. The van der Waals surface area contributed by atoms with Crippen molar-refractivity contribution in [2.45, 2.75) is 58.5 Å². The van der Waals surface area contributed by atoms with Crippen molar-refractivity contribution < 1.29 is 19.1 Å². The molecule has 190 valence electrons. The number of thioether (sulfide) groups is 1. The Labute approximate surface area is 215 Å². The van der Waals surface area contributed by atoms with Crippen LogP contribution in [0.1, 0.15) is 65.8 Å². The van der Waals surface area contributed by atoms with Gasteiger partial charge in [0.1, 0.15) is 0 Å². The number of anilines is 1. The van der Waals surface area contributed by atoms with Crippen LogP contribution < -0.4 is 10.6 Å².